The van der Waals surface area contributed by atoms with Gasteiger partial charge >= 0.3 is 5.97 Å². The van der Waals surface area contributed by atoms with Gasteiger partial charge in [0.25, 0.3) is 0 Å². The number of aromatic nitrogens is 4. The molecule has 1 fully saturated rings. The zero-order valence-corrected chi connectivity index (χ0v) is 32.1. The predicted molar refractivity (Wildman–Crippen MR) is 188 cm³/mol. The van der Waals surface area contributed by atoms with Crippen molar-refractivity contribution in [1.29, 1.82) is 0 Å². The number of ether oxygens (including phenoxy) is 2. The lowest BCUT2D eigenvalue weighted by atomic mass is 10.1. The number of anilines is 1. The fourth-order valence-corrected chi connectivity index (χ4v) is 7.41. The Balaban J connectivity index is 1.73. The van der Waals surface area contributed by atoms with Crippen molar-refractivity contribution in [3.8, 4) is 0 Å². The van der Waals surface area contributed by atoms with Crippen molar-refractivity contribution in [2.75, 3.05) is 5.32 Å². The Bertz CT molecular complexity index is 1490. The number of nitrogens with one attached hydrogen (secondary N) is 1. The van der Waals surface area contributed by atoms with E-state index in [4.69, 9.17) is 23.3 Å². The zero-order chi connectivity index (χ0) is 34.3. The number of carbonyl (C=O) groups excluding carboxylic acids is 1. The van der Waals surface area contributed by atoms with Crippen LogP contribution in [0.4, 0.5) is 5.82 Å². The van der Waals surface area contributed by atoms with Crippen molar-refractivity contribution < 1.29 is 23.1 Å². The maximum Gasteiger partial charge on any atom is 0.337 e. The summed E-state index contributed by atoms with van der Waals surface area (Å²) in [5, 5.41) is 3.22. The second kappa shape index (κ2) is 13.1. The number of benzene rings is 1. The van der Waals surface area contributed by atoms with E-state index in [2.05, 4.69) is 95.1 Å². The first-order valence-corrected chi connectivity index (χ1v) is 22.1. The van der Waals surface area contributed by atoms with Crippen LogP contribution in [0.3, 0.4) is 0 Å². The highest BCUT2D eigenvalue weighted by molar-refractivity contribution is 6.74. The first kappa shape index (κ1) is 36.2. The van der Waals surface area contributed by atoms with E-state index >= 15 is 0 Å². The van der Waals surface area contributed by atoms with Crippen LogP contribution in [0.5, 0.6) is 0 Å². The van der Waals surface area contributed by atoms with E-state index in [0.29, 0.717) is 29.9 Å². The highest BCUT2D eigenvalue weighted by Crippen LogP contribution is 2.45. The SMILES string of the molecule is CC(C)(C)OC(=O)C(O[Si](C)(C)C(C)(C)C)[C@H]1O[C@@H](n2cnc3c(NCc4ccccc4)ncnc32)C[C@@H]1O[Si](C)(C)C(C)(C)C. The highest BCUT2D eigenvalue weighted by atomic mass is 28.4. The Hall–Kier alpha value is -2.65. The van der Waals surface area contributed by atoms with Crippen LogP contribution in [0.25, 0.3) is 11.2 Å². The first-order valence-electron chi connectivity index (χ1n) is 16.3. The number of esters is 1. The zero-order valence-electron chi connectivity index (χ0n) is 30.1. The van der Waals surface area contributed by atoms with Crippen LogP contribution in [0.1, 0.15) is 80.5 Å². The molecule has 1 saturated heterocycles. The van der Waals surface area contributed by atoms with Crippen molar-refractivity contribution in [3.05, 3.63) is 48.5 Å². The van der Waals surface area contributed by atoms with E-state index in [1.807, 2.05) is 43.5 Å². The molecule has 46 heavy (non-hydrogen) atoms. The fourth-order valence-electron chi connectivity index (χ4n) is 4.85. The number of fused-ring (bicyclic) bond motifs is 1. The van der Waals surface area contributed by atoms with Gasteiger partial charge in [0.05, 0.1) is 12.4 Å². The van der Waals surface area contributed by atoms with Gasteiger partial charge in [0, 0.05) is 13.0 Å². The standard InChI is InChI=1S/C34H55N5O5Si2/c1-32(2,3)42-31(40)28(44-46(12,13)34(7,8)9)27-24(43-45(10,11)33(4,5)6)19-25(41-27)39-22-38-26-29(36-21-37-30(26)39)35-20-23-17-15-14-16-18-23/h14-18,21-22,24-25,27-28H,19-20H2,1-13H3,(H,35,36,37)/t24-,25+,27-,28?/m0/s1. The van der Waals surface area contributed by atoms with Crippen LogP contribution in [-0.4, -0.2) is 66.0 Å². The van der Waals surface area contributed by atoms with Gasteiger partial charge < -0.3 is 23.6 Å². The number of hydrogen-bond acceptors (Lipinski definition) is 9. The van der Waals surface area contributed by atoms with Gasteiger partial charge in [-0.3, -0.25) is 4.57 Å². The van der Waals surface area contributed by atoms with Gasteiger partial charge in [-0.05, 0) is 62.6 Å². The van der Waals surface area contributed by atoms with Crippen LogP contribution < -0.4 is 5.32 Å². The summed E-state index contributed by atoms with van der Waals surface area (Å²) >= 11 is 0. The molecule has 0 bridgehead atoms. The van der Waals surface area contributed by atoms with Gasteiger partial charge in [-0.15, -0.1) is 0 Å². The lowest BCUT2D eigenvalue weighted by Crippen LogP contribution is -2.55. The highest BCUT2D eigenvalue weighted by Gasteiger charge is 2.53. The molecule has 1 aliphatic heterocycles. The number of nitrogens with zero attached hydrogens (tertiary/aromatic N) is 4. The normalized spacial score (nSPS) is 20.6. The quantitative estimate of drug-likeness (QED) is 0.170. The molecule has 1 aliphatic rings. The molecule has 2 aromatic heterocycles. The summed E-state index contributed by atoms with van der Waals surface area (Å²) in [7, 11) is -4.74. The van der Waals surface area contributed by atoms with Gasteiger partial charge in [0.2, 0.25) is 0 Å². The van der Waals surface area contributed by atoms with Crippen LogP contribution in [0.15, 0.2) is 43.0 Å². The molecule has 0 amide bonds. The maximum absolute atomic E-state index is 14.0. The molecule has 1 aromatic carbocycles. The molecule has 254 valence electrons. The largest absolute Gasteiger partial charge is 0.458 e. The fraction of sp³-hybridized carbons (Fsp3) is 0.647. The van der Waals surface area contributed by atoms with Crippen molar-refractivity contribution >= 4 is 39.6 Å². The Morgan fingerprint density at radius 2 is 1.59 bits per heavy atom. The van der Waals surface area contributed by atoms with Gasteiger partial charge in [-0.2, -0.15) is 0 Å². The molecular formula is C34H55N5O5Si2. The van der Waals surface area contributed by atoms with Gasteiger partial charge in [0.1, 0.15) is 24.3 Å². The second-order valence-corrected chi connectivity index (χ2v) is 25.9. The van der Waals surface area contributed by atoms with Gasteiger partial charge in [-0.25, -0.2) is 19.7 Å². The minimum Gasteiger partial charge on any atom is -0.458 e. The van der Waals surface area contributed by atoms with Crippen LogP contribution in [-0.2, 0) is 29.7 Å². The number of hydrogen-bond donors (Lipinski definition) is 1. The van der Waals surface area contributed by atoms with Crippen LogP contribution in [0, 0.1) is 0 Å². The molecule has 1 unspecified atom stereocenters. The average Bonchev–Trinajstić information content (AvgIpc) is 3.53. The first-order chi connectivity index (χ1) is 21.1. The Labute approximate surface area is 277 Å². The number of carbonyl (C=O) groups is 1. The molecule has 3 aromatic rings. The molecule has 0 spiro atoms. The average molecular weight is 670 g/mol. The second-order valence-electron chi connectivity index (χ2n) is 16.4. The van der Waals surface area contributed by atoms with E-state index in [1.165, 1.54) is 6.33 Å². The minimum absolute atomic E-state index is 0.0500. The van der Waals surface area contributed by atoms with Gasteiger partial charge in [0.15, 0.2) is 39.7 Å². The smallest absolute Gasteiger partial charge is 0.337 e. The Morgan fingerprint density at radius 1 is 0.957 bits per heavy atom. The van der Waals surface area contributed by atoms with E-state index in [0.717, 1.165) is 5.56 Å². The monoisotopic (exact) mass is 669 g/mol. The maximum atomic E-state index is 14.0. The van der Waals surface area contributed by atoms with E-state index < -0.39 is 52.7 Å². The van der Waals surface area contributed by atoms with E-state index in [9.17, 15) is 4.79 Å². The van der Waals surface area contributed by atoms with E-state index in [-0.39, 0.29) is 10.1 Å². The third-order valence-electron chi connectivity index (χ3n) is 9.50. The van der Waals surface area contributed by atoms with Crippen LogP contribution >= 0.6 is 0 Å². The molecule has 3 heterocycles. The summed E-state index contributed by atoms with van der Waals surface area (Å²) in [5.41, 5.74) is 1.73. The predicted octanol–water partition coefficient (Wildman–Crippen LogP) is 7.85. The third kappa shape index (κ3) is 8.25. The molecule has 4 rings (SSSR count). The van der Waals surface area contributed by atoms with Crippen molar-refractivity contribution in [2.24, 2.45) is 0 Å². The lowest BCUT2D eigenvalue weighted by Gasteiger charge is -2.43. The molecule has 0 saturated carbocycles. The Kier molecular flexibility index (Phi) is 10.3. The molecule has 0 aliphatic carbocycles. The summed E-state index contributed by atoms with van der Waals surface area (Å²) in [6.07, 6.45) is 1.21. The van der Waals surface area contributed by atoms with E-state index in [1.54, 1.807) is 6.33 Å². The summed E-state index contributed by atoms with van der Waals surface area (Å²) in [6.45, 7) is 28.1. The summed E-state index contributed by atoms with van der Waals surface area (Å²) in [5.74, 6) is 0.209. The molecule has 4 atom stereocenters. The molecule has 12 heteroatoms. The lowest BCUT2D eigenvalue weighted by molar-refractivity contribution is -0.175. The molecule has 10 nitrogen and oxygen atoms in total. The Morgan fingerprint density at radius 3 is 2.17 bits per heavy atom. The molecular weight excluding hydrogens is 615 g/mol. The molecule has 0 radical (unpaired) electrons. The summed E-state index contributed by atoms with van der Waals surface area (Å²) in [6, 6.07) is 10.1. The van der Waals surface area contributed by atoms with Crippen molar-refractivity contribution in [2.45, 2.75) is 142 Å². The van der Waals surface area contributed by atoms with Crippen molar-refractivity contribution in [3.63, 3.8) is 0 Å². The number of imidazole rings is 1. The number of rotatable bonds is 10. The summed E-state index contributed by atoms with van der Waals surface area (Å²) < 4.78 is 28.7. The van der Waals surface area contributed by atoms with Crippen molar-refractivity contribution in [1.82, 2.24) is 19.5 Å². The van der Waals surface area contributed by atoms with Gasteiger partial charge in [-0.1, -0.05) is 71.9 Å². The third-order valence-corrected chi connectivity index (χ3v) is 18.5. The van der Waals surface area contributed by atoms with Crippen LogP contribution in [0.2, 0.25) is 36.3 Å². The molecule has 1 N–H and O–H groups in total. The topological polar surface area (TPSA) is 110 Å². The minimum atomic E-state index is -2.45. The summed E-state index contributed by atoms with van der Waals surface area (Å²) in [4.78, 5) is 27.8.